The van der Waals surface area contributed by atoms with Crippen LogP contribution in [0.5, 0.6) is 0 Å². The second-order valence-corrected chi connectivity index (χ2v) is 3.28. The Morgan fingerprint density at radius 3 is 2.42 bits per heavy atom. The second kappa shape index (κ2) is 6.34. The van der Waals surface area contributed by atoms with E-state index in [1.807, 2.05) is 0 Å². The number of likely N-dealkylation sites (tertiary alicyclic amines) is 1. The summed E-state index contributed by atoms with van der Waals surface area (Å²) >= 11 is 0. The molecule has 0 atom stereocenters. The number of nitrogens with zero attached hydrogens (tertiary/aromatic N) is 1. The summed E-state index contributed by atoms with van der Waals surface area (Å²) in [6.45, 7) is 5.90. The maximum absolute atomic E-state index is 5.35. The van der Waals surface area contributed by atoms with Crippen LogP contribution in [-0.4, -0.2) is 24.5 Å². The van der Waals surface area contributed by atoms with E-state index in [2.05, 4.69) is 17.7 Å². The van der Waals surface area contributed by atoms with Gasteiger partial charge in [-0.3, -0.25) is 0 Å². The van der Waals surface area contributed by atoms with Gasteiger partial charge in [0.1, 0.15) is 0 Å². The number of terminal acetylenes is 1. The summed E-state index contributed by atoms with van der Waals surface area (Å²) in [5, 5.41) is 0. The number of halogens is 1. The maximum Gasteiger partial charge on any atom is 0.0224 e. The molecule has 70 valence electrons. The molecule has 0 radical (unpaired) electrons. The summed E-state index contributed by atoms with van der Waals surface area (Å²) in [7, 11) is 0. The molecule has 0 aromatic heterocycles. The number of hydrogen-bond donors (Lipinski definition) is 0. The summed E-state index contributed by atoms with van der Waals surface area (Å²) in [6.07, 6.45) is 9.03. The number of hydrogen-bond acceptors (Lipinski definition) is 1. The van der Waals surface area contributed by atoms with Crippen LogP contribution in [-0.2, 0) is 0 Å². The Morgan fingerprint density at radius 2 is 2.00 bits per heavy atom. The van der Waals surface area contributed by atoms with E-state index in [0.29, 0.717) is 5.92 Å². The van der Waals surface area contributed by atoms with Crippen LogP contribution in [0.15, 0.2) is 0 Å². The molecular formula is C10H18ClN. The third kappa shape index (κ3) is 3.47. The molecule has 0 spiro atoms. The van der Waals surface area contributed by atoms with E-state index in [9.17, 15) is 0 Å². The molecule has 12 heavy (non-hydrogen) atoms. The molecule has 1 saturated heterocycles. The van der Waals surface area contributed by atoms with E-state index in [1.54, 1.807) is 0 Å². The van der Waals surface area contributed by atoms with E-state index >= 15 is 0 Å². The van der Waals surface area contributed by atoms with Crippen molar-refractivity contribution in [3.8, 4) is 12.3 Å². The lowest BCUT2D eigenvalue weighted by molar-refractivity contribution is 0.207. The van der Waals surface area contributed by atoms with Gasteiger partial charge in [-0.1, -0.05) is 6.92 Å². The molecule has 0 saturated carbocycles. The van der Waals surface area contributed by atoms with Gasteiger partial charge < -0.3 is 4.90 Å². The Kier molecular flexibility index (Phi) is 6.24. The van der Waals surface area contributed by atoms with Crippen molar-refractivity contribution in [1.29, 1.82) is 0 Å². The molecule has 1 aliphatic heterocycles. The second-order valence-electron chi connectivity index (χ2n) is 3.28. The lowest BCUT2D eigenvalue weighted by Crippen LogP contribution is -2.33. The largest absolute Gasteiger partial charge is 0.303 e. The molecule has 0 bridgehead atoms. The van der Waals surface area contributed by atoms with Crippen molar-refractivity contribution in [2.24, 2.45) is 5.92 Å². The van der Waals surface area contributed by atoms with Crippen LogP contribution in [0.4, 0.5) is 0 Å². The molecule has 0 N–H and O–H groups in total. The molecule has 0 aromatic carbocycles. The summed E-state index contributed by atoms with van der Waals surface area (Å²) in [6, 6.07) is 0. The molecule has 1 rings (SSSR count). The van der Waals surface area contributed by atoms with Crippen molar-refractivity contribution in [2.75, 3.05) is 19.6 Å². The topological polar surface area (TPSA) is 3.24 Å². The lowest BCUT2D eigenvalue weighted by atomic mass is 9.98. The van der Waals surface area contributed by atoms with Gasteiger partial charge in [0.25, 0.3) is 0 Å². The third-order valence-corrected chi connectivity index (χ3v) is 2.36. The average Bonchev–Trinajstić information content (AvgIpc) is 2.07. The molecular weight excluding hydrogens is 170 g/mol. The molecule has 1 nitrogen and oxygen atoms in total. The van der Waals surface area contributed by atoms with Gasteiger partial charge in [0, 0.05) is 5.92 Å². The molecule has 1 heterocycles. The minimum Gasteiger partial charge on any atom is -0.303 e. The van der Waals surface area contributed by atoms with Gasteiger partial charge in [0.2, 0.25) is 0 Å². The zero-order valence-corrected chi connectivity index (χ0v) is 8.57. The molecule has 0 aromatic rings. The predicted molar refractivity (Wildman–Crippen MR) is 55.5 cm³/mol. The van der Waals surface area contributed by atoms with E-state index < -0.39 is 0 Å². The monoisotopic (exact) mass is 187 g/mol. The smallest absolute Gasteiger partial charge is 0.0224 e. The van der Waals surface area contributed by atoms with Gasteiger partial charge in [-0.25, -0.2) is 0 Å². The van der Waals surface area contributed by atoms with Crippen molar-refractivity contribution >= 4 is 12.4 Å². The molecule has 2 heteroatoms. The van der Waals surface area contributed by atoms with Crippen LogP contribution in [0.1, 0.15) is 26.2 Å². The number of piperidine rings is 1. The van der Waals surface area contributed by atoms with Crippen molar-refractivity contribution in [3.05, 3.63) is 0 Å². The van der Waals surface area contributed by atoms with Crippen LogP contribution in [0.25, 0.3) is 0 Å². The third-order valence-electron chi connectivity index (χ3n) is 2.36. The Bertz CT molecular complexity index is 142. The first-order valence-corrected chi connectivity index (χ1v) is 4.55. The molecule has 1 aliphatic rings. The van der Waals surface area contributed by atoms with Crippen LogP contribution in [0.2, 0.25) is 0 Å². The summed E-state index contributed by atoms with van der Waals surface area (Å²) in [5.74, 6) is 3.40. The fourth-order valence-corrected chi connectivity index (χ4v) is 1.64. The van der Waals surface area contributed by atoms with Gasteiger partial charge >= 0.3 is 0 Å². The minimum absolute atomic E-state index is 0. The highest BCUT2D eigenvalue weighted by atomic mass is 35.5. The molecule has 0 aliphatic carbocycles. The van der Waals surface area contributed by atoms with Crippen LogP contribution in [0, 0.1) is 18.3 Å². The Labute approximate surface area is 81.9 Å². The Hall–Kier alpha value is -0.190. The normalized spacial score (nSPS) is 19.7. The number of rotatable bonds is 2. The van der Waals surface area contributed by atoms with E-state index in [-0.39, 0.29) is 12.4 Å². The zero-order chi connectivity index (χ0) is 8.10. The van der Waals surface area contributed by atoms with Crippen molar-refractivity contribution in [2.45, 2.75) is 26.2 Å². The highest BCUT2D eigenvalue weighted by molar-refractivity contribution is 5.85. The fraction of sp³-hybridized carbons (Fsp3) is 0.800. The van der Waals surface area contributed by atoms with E-state index in [0.717, 1.165) is 0 Å². The van der Waals surface area contributed by atoms with Gasteiger partial charge in [-0.2, -0.15) is 0 Å². The van der Waals surface area contributed by atoms with Crippen LogP contribution < -0.4 is 0 Å². The fourth-order valence-electron chi connectivity index (χ4n) is 1.64. The lowest BCUT2D eigenvalue weighted by Gasteiger charge is -2.29. The predicted octanol–water partition coefficient (Wildman–Crippen LogP) is 2.16. The highest BCUT2D eigenvalue weighted by Crippen LogP contribution is 2.15. The first-order valence-electron chi connectivity index (χ1n) is 4.55. The Balaban J connectivity index is 0.00000121. The first kappa shape index (κ1) is 11.8. The van der Waals surface area contributed by atoms with Crippen LogP contribution in [0.3, 0.4) is 0 Å². The van der Waals surface area contributed by atoms with Gasteiger partial charge in [-0.05, 0) is 38.9 Å². The maximum atomic E-state index is 5.35. The van der Waals surface area contributed by atoms with E-state index in [4.69, 9.17) is 6.42 Å². The van der Waals surface area contributed by atoms with Crippen molar-refractivity contribution in [3.63, 3.8) is 0 Å². The van der Waals surface area contributed by atoms with Crippen molar-refractivity contribution < 1.29 is 0 Å². The van der Waals surface area contributed by atoms with Crippen LogP contribution >= 0.6 is 12.4 Å². The first-order chi connectivity index (χ1) is 5.36. The van der Waals surface area contributed by atoms with Crippen molar-refractivity contribution in [1.82, 2.24) is 4.90 Å². The molecule has 0 unspecified atom stereocenters. The van der Waals surface area contributed by atoms with Gasteiger partial charge in [0.15, 0.2) is 0 Å². The minimum atomic E-state index is 0. The molecule has 1 fully saturated rings. The highest BCUT2D eigenvalue weighted by Gasteiger charge is 2.15. The van der Waals surface area contributed by atoms with E-state index in [1.165, 1.54) is 38.9 Å². The summed E-state index contributed by atoms with van der Waals surface area (Å²) in [5.41, 5.74) is 0. The average molecular weight is 188 g/mol. The summed E-state index contributed by atoms with van der Waals surface area (Å²) in [4.78, 5) is 2.51. The Morgan fingerprint density at radius 1 is 1.42 bits per heavy atom. The molecule has 0 amide bonds. The standard InChI is InChI=1S/C10H17N.ClH/c1-3-7-11-8-5-10(4-2)6-9-11;/h2,10H,3,5-9H2,1H3;1H. The van der Waals surface area contributed by atoms with Gasteiger partial charge in [-0.15, -0.1) is 24.8 Å². The van der Waals surface area contributed by atoms with Gasteiger partial charge in [0.05, 0.1) is 0 Å². The summed E-state index contributed by atoms with van der Waals surface area (Å²) < 4.78 is 0. The SMILES string of the molecule is C#CC1CCN(CCC)CC1.Cl. The quantitative estimate of drug-likeness (QED) is 0.599. The zero-order valence-electron chi connectivity index (χ0n) is 7.75.